The summed E-state index contributed by atoms with van der Waals surface area (Å²) < 4.78 is 16.1. The molecule has 3 rings (SSSR count). The van der Waals surface area contributed by atoms with Gasteiger partial charge in [-0.15, -0.1) is 0 Å². The van der Waals surface area contributed by atoms with Crippen LogP contribution < -0.4 is 15.4 Å². The molecule has 8 heteroatoms. The zero-order valence-electron chi connectivity index (χ0n) is 18.3. The number of hydrogen-bond donors (Lipinski definition) is 2. The standard InChI is InChI=1S/C24H26N2O6/c1-4-30-23(28)20-18(25-24(29)26-21(20)17-11-6-5-7-12-17)13-31-19(27)14-32-22-15(2)9-8-10-16(22)3/h5-12,21H,4,13-14H2,1-3H3,(H2,25,26,29). The summed E-state index contributed by atoms with van der Waals surface area (Å²) in [6.45, 7) is 5.02. The maximum absolute atomic E-state index is 12.7. The molecule has 1 heterocycles. The summed E-state index contributed by atoms with van der Waals surface area (Å²) >= 11 is 0. The monoisotopic (exact) mass is 438 g/mol. The van der Waals surface area contributed by atoms with Gasteiger partial charge in [-0.05, 0) is 37.5 Å². The number of hydrogen-bond acceptors (Lipinski definition) is 6. The van der Waals surface area contributed by atoms with E-state index in [1.165, 1.54) is 0 Å². The van der Waals surface area contributed by atoms with Gasteiger partial charge in [0.25, 0.3) is 0 Å². The van der Waals surface area contributed by atoms with Crippen molar-refractivity contribution in [1.29, 1.82) is 0 Å². The smallest absolute Gasteiger partial charge is 0.344 e. The van der Waals surface area contributed by atoms with Crippen LogP contribution in [0.15, 0.2) is 59.8 Å². The number of amides is 2. The molecule has 0 bridgehead atoms. The first-order chi connectivity index (χ1) is 15.4. The quantitative estimate of drug-likeness (QED) is 0.614. The van der Waals surface area contributed by atoms with Crippen molar-refractivity contribution < 1.29 is 28.6 Å². The number of para-hydroxylation sites is 1. The number of carbonyl (C=O) groups excluding carboxylic acids is 3. The van der Waals surface area contributed by atoms with Crippen LogP contribution in [0.3, 0.4) is 0 Å². The van der Waals surface area contributed by atoms with Crippen LogP contribution in [0.1, 0.15) is 29.7 Å². The van der Waals surface area contributed by atoms with E-state index >= 15 is 0 Å². The van der Waals surface area contributed by atoms with Gasteiger partial charge in [-0.25, -0.2) is 14.4 Å². The highest BCUT2D eigenvalue weighted by molar-refractivity contribution is 5.95. The van der Waals surface area contributed by atoms with Crippen molar-refractivity contribution in [1.82, 2.24) is 10.6 Å². The minimum absolute atomic E-state index is 0.161. The van der Waals surface area contributed by atoms with Gasteiger partial charge >= 0.3 is 18.0 Å². The Hall–Kier alpha value is -3.81. The summed E-state index contributed by atoms with van der Waals surface area (Å²) in [6, 6.07) is 13.5. The number of carbonyl (C=O) groups is 3. The SMILES string of the molecule is CCOC(=O)C1=C(COC(=O)COc2c(C)cccc2C)NC(=O)NC1c1ccccc1. The first-order valence-electron chi connectivity index (χ1n) is 10.3. The average Bonchev–Trinajstić information content (AvgIpc) is 2.77. The molecule has 2 aromatic rings. The van der Waals surface area contributed by atoms with Crippen LogP contribution in [0.2, 0.25) is 0 Å². The number of benzene rings is 2. The van der Waals surface area contributed by atoms with Crippen LogP contribution in [0, 0.1) is 13.8 Å². The second-order valence-electron chi connectivity index (χ2n) is 7.23. The van der Waals surface area contributed by atoms with E-state index in [1.54, 1.807) is 31.2 Å². The van der Waals surface area contributed by atoms with Gasteiger partial charge in [-0.2, -0.15) is 0 Å². The topological polar surface area (TPSA) is 103 Å². The number of rotatable bonds is 8. The highest BCUT2D eigenvalue weighted by atomic mass is 16.6. The first kappa shape index (κ1) is 22.9. The molecule has 2 N–H and O–H groups in total. The lowest BCUT2D eigenvalue weighted by atomic mass is 9.95. The van der Waals surface area contributed by atoms with E-state index in [2.05, 4.69) is 10.6 Å². The summed E-state index contributed by atoms with van der Waals surface area (Å²) in [4.78, 5) is 37.2. The number of aryl methyl sites for hydroxylation is 2. The van der Waals surface area contributed by atoms with E-state index < -0.39 is 24.0 Å². The van der Waals surface area contributed by atoms with Crippen molar-refractivity contribution in [2.45, 2.75) is 26.8 Å². The summed E-state index contributed by atoms with van der Waals surface area (Å²) in [5, 5.41) is 5.29. The minimum Gasteiger partial charge on any atom is -0.481 e. The fourth-order valence-corrected chi connectivity index (χ4v) is 3.43. The Morgan fingerprint density at radius 3 is 2.31 bits per heavy atom. The molecule has 2 aromatic carbocycles. The molecule has 168 valence electrons. The molecule has 1 aliphatic rings. The molecule has 0 saturated carbocycles. The lowest BCUT2D eigenvalue weighted by molar-refractivity contribution is -0.145. The van der Waals surface area contributed by atoms with Crippen molar-refractivity contribution in [3.8, 4) is 5.75 Å². The van der Waals surface area contributed by atoms with E-state index in [4.69, 9.17) is 14.2 Å². The van der Waals surface area contributed by atoms with Gasteiger partial charge in [0, 0.05) is 0 Å². The molecular weight excluding hydrogens is 412 g/mol. The van der Waals surface area contributed by atoms with Gasteiger partial charge in [0.1, 0.15) is 12.4 Å². The Kier molecular flexibility index (Phi) is 7.49. The number of esters is 2. The molecule has 0 aliphatic carbocycles. The zero-order valence-corrected chi connectivity index (χ0v) is 18.3. The number of urea groups is 1. The second-order valence-corrected chi connectivity index (χ2v) is 7.23. The van der Waals surface area contributed by atoms with Gasteiger partial charge in [0.05, 0.1) is 23.9 Å². The van der Waals surface area contributed by atoms with Gasteiger partial charge in [-0.3, -0.25) is 0 Å². The molecule has 0 radical (unpaired) electrons. The third-order valence-electron chi connectivity index (χ3n) is 4.90. The van der Waals surface area contributed by atoms with Crippen molar-refractivity contribution >= 4 is 18.0 Å². The molecule has 2 amide bonds. The van der Waals surface area contributed by atoms with E-state index in [-0.39, 0.29) is 31.1 Å². The molecule has 1 atom stereocenters. The minimum atomic E-state index is -0.733. The van der Waals surface area contributed by atoms with Crippen LogP contribution in [0.5, 0.6) is 5.75 Å². The third kappa shape index (κ3) is 5.46. The summed E-state index contributed by atoms with van der Waals surface area (Å²) in [5.41, 5.74) is 2.86. The van der Waals surface area contributed by atoms with E-state index in [1.807, 2.05) is 38.1 Å². The van der Waals surface area contributed by atoms with Crippen molar-refractivity contribution in [3.63, 3.8) is 0 Å². The van der Waals surface area contributed by atoms with Gasteiger partial charge in [-0.1, -0.05) is 48.5 Å². The van der Waals surface area contributed by atoms with Crippen LogP contribution >= 0.6 is 0 Å². The molecule has 8 nitrogen and oxygen atoms in total. The van der Waals surface area contributed by atoms with Gasteiger partial charge in [0.15, 0.2) is 6.61 Å². The molecular formula is C24H26N2O6. The van der Waals surface area contributed by atoms with Crippen LogP contribution in [0.25, 0.3) is 0 Å². The largest absolute Gasteiger partial charge is 0.481 e. The highest BCUT2D eigenvalue weighted by Gasteiger charge is 2.34. The lowest BCUT2D eigenvalue weighted by Crippen LogP contribution is -2.47. The molecule has 0 saturated heterocycles. The van der Waals surface area contributed by atoms with Crippen LogP contribution in [0.4, 0.5) is 4.79 Å². The summed E-state index contributed by atoms with van der Waals surface area (Å²) in [6.07, 6.45) is 0. The van der Waals surface area contributed by atoms with Crippen molar-refractivity contribution in [2.75, 3.05) is 19.8 Å². The van der Waals surface area contributed by atoms with E-state index in [0.717, 1.165) is 11.1 Å². The molecule has 0 aromatic heterocycles. The van der Waals surface area contributed by atoms with E-state index in [9.17, 15) is 14.4 Å². The Morgan fingerprint density at radius 1 is 0.969 bits per heavy atom. The molecule has 1 aliphatic heterocycles. The maximum Gasteiger partial charge on any atom is 0.344 e. The average molecular weight is 438 g/mol. The van der Waals surface area contributed by atoms with E-state index in [0.29, 0.717) is 11.3 Å². The second kappa shape index (κ2) is 10.5. The Bertz CT molecular complexity index is 1010. The predicted octanol–water partition coefficient (Wildman–Crippen LogP) is 3.10. The number of ether oxygens (including phenoxy) is 3. The predicted molar refractivity (Wildman–Crippen MR) is 117 cm³/mol. The Morgan fingerprint density at radius 2 is 1.66 bits per heavy atom. The summed E-state index contributed by atoms with van der Waals surface area (Å²) in [5.74, 6) is -0.616. The number of nitrogens with one attached hydrogen (secondary N) is 2. The summed E-state index contributed by atoms with van der Waals surface area (Å²) in [7, 11) is 0. The third-order valence-corrected chi connectivity index (χ3v) is 4.90. The lowest BCUT2D eigenvalue weighted by Gasteiger charge is -2.29. The normalized spacial score (nSPS) is 15.5. The van der Waals surface area contributed by atoms with Crippen LogP contribution in [-0.4, -0.2) is 37.8 Å². The molecule has 32 heavy (non-hydrogen) atoms. The molecule has 0 fully saturated rings. The van der Waals surface area contributed by atoms with Crippen molar-refractivity contribution in [2.24, 2.45) is 0 Å². The Balaban J connectivity index is 1.77. The zero-order chi connectivity index (χ0) is 23.1. The maximum atomic E-state index is 12.7. The molecule has 1 unspecified atom stereocenters. The van der Waals surface area contributed by atoms with Gasteiger partial charge in [0.2, 0.25) is 0 Å². The fraction of sp³-hybridized carbons (Fsp3) is 0.292. The fourth-order valence-electron chi connectivity index (χ4n) is 3.43. The Labute approximate surface area is 186 Å². The van der Waals surface area contributed by atoms with Crippen LogP contribution in [-0.2, 0) is 19.1 Å². The van der Waals surface area contributed by atoms with Crippen molar-refractivity contribution in [3.05, 3.63) is 76.5 Å². The van der Waals surface area contributed by atoms with Gasteiger partial charge < -0.3 is 24.8 Å². The highest BCUT2D eigenvalue weighted by Crippen LogP contribution is 2.28. The first-order valence-corrected chi connectivity index (χ1v) is 10.3. The molecule has 0 spiro atoms.